The van der Waals surface area contributed by atoms with Gasteiger partial charge in [-0.2, -0.15) is 12.6 Å². The zero-order chi connectivity index (χ0) is 27.6. The summed E-state index contributed by atoms with van der Waals surface area (Å²) in [5.41, 5.74) is 4.67. The van der Waals surface area contributed by atoms with Crippen LogP contribution in [0.2, 0.25) is 0 Å². The Labute approximate surface area is 225 Å². The van der Waals surface area contributed by atoms with E-state index in [0.29, 0.717) is 30.8 Å². The van der Waals surface area contributed by atoms with Crippen LogP contribution in [0.3, 0.4) is 0 Å². The van der Waals surface area contributed by atoms with Gasteiger partial charge in [0.2, 0.25) is 0 Å². The molecule has 1 fully saturated rings. The molecule has 202 valence electrons. The van der Waals surface area contributed by atoms with Crippen LogP contribution in [0.4, 0.5) is 14.5 Å². The average molecular weight is 531 g/mol. The van der Waals surface area contributed by atoms with Crippen LogP contribution in [0.15, 0.2) is 53.7 Å². The van der Waals surface area contributed by atoms with Crippen molar-refractivity contribution < 1.29 is 13.6 Å². The van der Waals surface area contributed by atoms with Crippen LogP contribution < -0.4 is 10.6 Å². The highest BCUT2D eigenvalue weighted by Gasteiger charge is 2.33. The molecule has 8 heteroatoms. The minimum absolute atomic E-state index is 0.190. The summed E-state index contributed by atoms with van der Waals surface area (Å²) < 4.78 is 27.4. The fraction of sp³-hybridized carbons (Fsp3) is 0.448. The highest BCUT2D eigenvalue weighted by atomic mass is 32.1. The lowest BCUT2D eigenvalue weighted by Crippen LogP contribution is -2.24. The first kappa shape index (κ1) is 30.5. The summed E-state index contributed by atoms with van der Waals surface area (Å²) in [4.78, 5) is 13.5. The fourth-order valence-electron chi connectivity index (χ4n) is 4.28. The van der Waals surface area contributed by atoms with Crippen LogP contribution in [-0.2, 0) is 11.2 Å². The Bertz CT molecular complexity index is 1050. The van der Waals surface area contributed by atoms with Crippen LogP contribution in [0.5, 0.6) is 0 Å². The number of allylic oxidation sites excluding steroid dienone is 2. The van der Waals surface area contributed by atoms with E-state index in [1.807, 2.05) is 42.2 Å². The molecule has 0 aromatic heterocycles. The van der Waals surface area contributed by atoms with E-state index < -0.39 is 6.17 Å². The van der Waals surface area contributed by atoms with Gasteiger partial charge in [0.25, 0.3) is 0 Å². The number of carbonyl (C=O) groups excluding carboxylic acids is 1. The van der Waals surface area contributed by atoms with Gasteiger partial charge in [0.05, 0.1) is 12.4 Å². The molecule has 0 spiro atoms. The third kappa shape index (κ3) is 9.93. The van der Waals surface area contributed by atoms with E-state index in [2.05, 4.69) is 44.0 Å². The van der Waals surface area contributed by atoms with E-state index in [4.69, 9.17) is 5.41 Å². The van der Waals surface area contributed by atoms with E-state index in [-0.39, 0.29) is 16.5 Å². The van der Waals surface area contributed by atoms with Crippen LogP contribution >= 0.6 is 12.6 Å². The maximum Gasteiger partial charge on any atom is 0.148 e. The third-order valence-corrected chi connectivity index (χ3v) is 5.87. The van der Waals surface area contributed by atoms with Gasteiger partial charge in [-0.05, 0) is 54.7 Å². The number of fused-ring (bicyclic) bond motifs is 1. The SMILES string of the molecule is CC(C)(C)S.CNc1cc(C)cc(F)c1.N=C/C(=C(\C=O)CC1Cc2ccccc2C1F)N1CCNC1. The number of rotatable bonds is 6. The lowest BCUT2D eigenvalue weighted by molar-refractivity contribution is -0.105. The van der Waals surface area contributed by atoms with Gasteiger partial charge in [0, 0.05) is 48.3 Å². The second-order valence-electron chi connectivity index (χ2n) is 10.3. The minimum atomic E-state index is -1.03. The summed E-state index contributed by atoms with van der Waals surface area (Å²) in [7, 11) is 1.77. The van der Waals surface area contributed by atoms with Crippen molar-refractivity contribution in [1.82, 2.24) is 10.2 Å². The zero-order valence-corrected chi connectivity index (χ0v) is 23.3. The van der Waals surface area contributed by atoms with E-state index in [1.165, 1.54) is 18.3 Å². The number of aryl methyl sites for hydroxylation is 1. The maximum absolute atomic E-state index is 14.6. The summed E-state index contributed by atoms with van der Waals surface area (Å²) >= 11 is 4.12. The summed E-state index contributed by atoms with van der Waals surface area (Å²) in [6, 6.07) is 12.4. The topological polar surface area (TPSA) is 68.2 Å². The Hall–Kier alpha value is -2.71. The van der Waals surface area contributed by atoms with Crippen LogP contribution in [-0.4, -0.2) is 49.0 Å². The van der Waals surface area contributed by atoms with E-state index in [9.17, 15) is 13.6 Å². The van der Waals surface area contributed by atoms with Crippen LogP contribution in [0, 0.1) is 24.1 Å². The quantitative estimate of drug-likeness (QED) is 0.157. The molecule has 2 aromatic carbocycles. The molecule has 1 saturated heterocycles. The molecule has 3 N–H and O–H groups in total. The molecule has 1 aliphatic carbocycles. The fourth-order valence-corrected chi connectivity index (χ4v) is 4.28. The van der Waals surface area contributed by atoms with E-state index >= 15 is 0 Å². The summed E-state index contributed by atoms with van der Waals surface area (Å²) in [5, 5.41) is 13.7. The number of anilines is 1. The molecule has 2 aromatic rings. The van der Waals surface area contributed by atoms with Crippen molar-refractivity contribution in [1.29, 1.82) is 5.41 Å². The van der Waals surface area contributed by atoms with Crippen molar-refractivity contribution in [2.24, 2.45) is 5.92 Å². The molecular weight excluding hydrogens is 490 g/mol. The van der Waals surface area contributed by atoms with Crippen LogP contribution in [0.1, 0.15) is 50.1 Å². The number of nitrogens with one attached hydrogen (secondary N) is 3. The van der Waals surface area contributed by atoms with Crippen molar-refractivity contribution in [2.45, 2.75) is 51.5 Å². The van der Waals surface area contributed by atoms with Crippen molar-refractivity contribution in [3.05, 3.63) is 76.2 Å². The number of benzene rings is 2. The standard InChI is InChI=1S/C17H20FN3O.C8H10FN.C4H10S/c18-17-13(7-12-3-1-2-4-15(12)17)8-14(10-22)16(9-19)21-6-5-20-11-21;1-6-3-7(9)5-8(4-6)10-2;1-4(2,3)5/h1-4,9-10,13,17,19-20H,5-8,11H2;3-5,10H,1-2H3;5H,1-3H3/b16-14+,19-9?;;. The second-order valence-corrected chi connectivity index (χ2v) is 11.6. The van der Waals surface area contributed by atoms with Gasteiger partial charge in [0.15, 0.2) is 0 Å². The Kier molecular flexibility index (Phi) is 11.8. The number of hydrogen-bond donors (Lipinski definition) is 4. The first-order chi connectivity index (χ1) is 17.5. The molecule has 1 aliphatic heterocycles. The van der Waals surface area contributed by atoms with Gasteiger partial charge in [-0.3, -0.25) is 10.1 Å². The van der Waals surface area contributed by atoms with Gasteiger partial charge < -0.3 is 15.6 Å². The van der Waals surface area contributed by atoms with Gasteiger partial charge in [-0.15, -0.1) is 0 Å². The summed E-state index contributed by atoms with van der Waals surface area (Å²) in [5.74, 6) is -0.410. The highest BCUT2D eigenvalue weighted by molar-refractivity contribution is 7.81. The number of alkyl halides is 1. The number of halogens is 2. The number of carbonyl (C=O) groups is 1. The molecular formula is C29H40F2N4OS. The normalized spacial score (nSPS) is 19.0. The predicted octanol–water partition coefficient (Wildman–Crippen LogP) is 6.12. The average Bonchev–Trinajstić information content (AvgIpc) is 3.46. The van der Waals surface area contributed by atoms with Crippen molar-refractivity contribution in [3.63, 3.8) is 0 Å². The smallest absolute Gasteiger partial charge is 0.148 e. The molecule has 2 unspecified atom stereocenters. The number of thiol groups is 1. The van der Waals surface area contributed by atoms with Gasteiger partial charge in [-0.25, -0.2) is 8.78 Å². The Balaban J connectivity index is 0.000000265. The molecule has 1 heterocycles. The minimum Gasteiger partial charge on any atom is -0.388 e. The first-order valence-electron chi connectivity index (χ1n) is 12.5. The molecule has 0 amide bonds. The maximum atomic E-state index is 14.6. The summed E-state index contributed by atoms with van der Waals surface area (Å²) in [6.07, 6.45) is 1.99. The first-order valence-corrected chi connectivity index (χ1v) is 12.9. The van der Waals surface area contributed by atoms with Crippen LogP contribution in [0.25, 0.3) is 0 Å². The lowest BCUT2D eigenvalue weighted by atomic mass is 9.94. The molecule has 5 nitrogen and oxygen atoms in total. The molecule has 37 heavy (non-hydrogen) atoms. The Morgan fingerprint density at radius 3 is 2.46 bits per heavy atom. The molecule has 0 saturated carbocycles. The van der Waals surface area contributed by atoms with Gasteiger partial charge >= 0.3 is 0 Å². The van der Waals surface area contributed by atoms with E-state index in [1.54, 1.807) is 7.05 Å². The molecule has 2 atom stereocenters. The number of aldehydes is 1. The van der Waals surface area contributed by atoms with Crippen molar-refractivity contribution >= 4 is 30.8 Å². The van der Waals surface area contributed by atoms with Crippen molar-refractivity contribution in [2.75, 3.05) is 32.1 Å². The molecule has 0 bridgehead atoms. The molecule has 4 rings (SSSR count). The van der Waals surface area contributed by atoms with E-state index in [0.717, 1.165) is 41.8 Å². The van der Waals surface area contributed by atoms with Crippen molar-refractivity contribution in [3.8, 4) is 0 Å². The third-order valence-electron chi connectivity index (χ3n) is 5.87. The molecule has 2 aliphatic rings. The predicted molar refractivity (Wildman–Crippen MR) is 153 cm³/mol. The van der Waals surface area contributed by atoms with Gasteiger partial charge in [0.1, 0.15) is 18.3 Å². The number of hydrogen-bond acceptors (Lipinski definition) is 6. The highest BCUT2D eigenvalue weighted by Crippen LogP contribution is 2.42. The zero-order valence-electron chi connectivity index (χ0n) is 22.4. The monoisotopic (exact) mass is 530 g/mol. The van der Waals surface area contributed by atoms with Gasteiger partial charge in [-0.1, -0.05) is 45.0 Å². The number of nitrogens with zero attached hydrogens (tertiary/aromatic N) is 1. The second kappa shape index (κ2) is 14.3. The Morgan fingerprint density at radius 2 is 1.95 bits per heavy atom. The lowest BCUT2D eigenvalue weighted by Gasteiger charge is -2.21. The Morgan fingerprint density at radius 1 is 1.27 bits per heavy atom. The summed E-state index contributed by atoms with van der Waals surface area (Å²) in [6.45, 7) is 10.3. The largest absolute Gasteiger partial charge is 0.388 e. The molecule has 0 radical (unpaired) electrons.